The molecule has 0 bridgehead atoms. The molecule has 0 aromatic rings. The van der Waals surface area contributed by atoms with E-state index in [4.69, 9.17) is 9.47 Å². The van der Waals surface area contributed by atoms with E-state index in [1.807, 2.05) is 24.3 Å². The minimum absolute atomic E-state index is 0.194. The minimum Gasteiger partial charge on any atom is -0.458 e. The molecular weight excluding hydrogens is 304 g/mol. The summed E-state index contributed by atoms with van der Waals surface area (Å²) in [5, 5.41) is 0. The van der Waals surface area contributed by atoms with Gasteiger partial charge in [0.15, 0.2) is 0 Å². The Morgan fingerprint density at radius 1 is 0.667 bits per heavy atom. The molecule has 132 valence electrons. The van der Waals surface area contributed by atoms with Gasteiger partial charge < -0.3 is 9.47 Å². The fourth-order valence-electron chi connectivity index (χ4n) is 1.62. The van der Waals surface area contributed by atoms with Crippen LogP contribution in [-0.4, -0.2) is 25.2 Å². The topological polar surface area (TPSA) is 52.6 Å². The molecule has 0 aromatic heterocycles. The summed E-state index contributed by atoms with van der Waals surface area (Å²) in [4.78, 5) is 22.7. The van der Waals surface area contributed by atoms with E-state index in [2.05, 4.69) is 13.2 Å². The third kappa shape index (κ3) is 16.0. The molecule has 0 heterocycles. The van der Waals surface area contributed by atoms with Gasteiger partial charge in [-0.25, -0.2) is 9.59 Å². The zero-order chi connectivity index (χ0) is 17.9. The van der Waals surface area contributed by atoms with E-state index < -0.39 is 11.9 Å². The van der Waals surface area contributed by atoms with Gasteiger partial charge in [0.1, 0.15) is 13.2 Å². The smallest absolute Gasteiger partial charge is 0.331 e. The van der Waals surface area contributed by atoms with Crippen molar-refractivity contribution in [3.05, 3.63) is 61.8 Å². The maximum Gasteiger partial charge on any atom is 0.331 e. The molecule has 0 rings (SSSR count). The number of esters is 2. The molecule has 0 atom stereocenters. The molecule has 0 saturated carbocycles. The van der Waals surface area contributed by atoms with E-state index in [9.17, 15) is 9.59 Å². The lowest BCUT2D eigenvalue weighted by molar-refractivity contribution is -0.139. The number of carbonyl (C=O) groups excluding carboxylic acids is 2. The Bertz CT molecular complexity index is 416. The van der Waals surface area contributed by atoms with Gasteiger partial charge in [-0.05, 0) is 38.5 Å². The van der Waals surface area contributed by atoms with Crippen molar-refractivity contribution in [2.75, 3.05) is 13.2 Å². The summed E-state index contributed by atoms with van der Waals surface area (Å²) < 4.78 is 9.83. The molecule has 0 radical (unpaired) electrons. The number of rotatable bonds is 14. The van der Waals surface area contributed by atoms with Gasteiger partial charge in [-0.1, -0.05) is 36.5 Å². The van der Waals surface area contributed by atoms with Crippen LogP contribution >= 0.6 is 0 Å². The number of ether oxygens (including phenoxy) is 2. The first-order valence-corrected chi connectivity index (χ1v) is 8.24. The summed E-state index contributed by atoms with van der Waals surface area (Å²) in [6, 6.07) is 0. The Kier molecular flexibility index (Phi) is 15.3. The molecule has 0 aliphatic rings. The highest BCUT2D eigenvalue weighted by atomic mass is 16.5. The summed E-state index contributed by atoms with van der Waals surface area (Å²) in [6.07, 6.45) is 19.2. The molecule has 0 spiro atoms. The largest absolute Gasteiger partial charge is 0.458 e. The van der Waals surface area contributed by atoms with Crippen LogP contribution in [0.5, 0.6) is 0 Å². The molecule has 0 N–H and O–H groups in total. The van der Waals surface area contributed by atoms with E-state index in [1.165, 1.54) is 0 Å². The van der Waals surface area contributed by atoms with Gasteiger partial charge in [0.2, 0.25) is 0 Å². The van der Waals surface area contributed by atoms with Gasteiger partial charge in [0.05, 0.1) is 0 Å². The third-order valence-corrected chi connectivity index (χ3v) is 2.89. The Hall–Kier alpha value is -2.36. The van der Waals surface area contributed by atoms with Crippen LogP contribution in [0.15, 0.2) is 61.8 Å². The zero-order valence-corrected chi connectivity index (χ0v) is 14.3. The van der Waals surface area contributed by atoms with Crippen LogP contribution in [0.4, 0.5) is 0 Å². The Labute approximate surface area is 145 Å². The first-order valence-electron chi connectivity index (χ1n) is 8.24. The third-order valence-electron chi connectivity index (χ3n) is 2.89. The Balaban J connectivity index is 3.71. The van der Waals surface area contributed by atoms with Crippen LogP contribution in [0.1, 0.15) is 38.5 Å². The number of unbranched alkanes of at least 4 members (excludes halogenated alkanes) is 4. The Morgan fingerprint density at radius 2 is 1.08 bits per heavy atom. The van der Waals surface area contributed by atoms with Crippen molar-refractivity contribution in [2.24, 2.45) is 0 Å². The number of allylic oxidation sites excluding steroid dienone is 4. The van der Waals surface area contributed by atoms with Crippen molar-refractivity contribution >= 4 is 11.9 Å². The molecule has 0 aliphatic carbocycles. The molecule has 4 heteroatoms. The molecule has 0 aliphatic heterocycles. The second kappa shape index (κ2) is 17.0. The highest BCUT2D eigenvalue weighted by Crippen LogP contribution is 1.97. The molecule has 0 fully saturated rings. The predicted molar refractivity (Wildman–Crippen MR) is 97.4 cm³/mol. The second-order valence-corrected chi connectivity index (χ2v) is 4.98. The summed E-state index contributed by atoms with van der Waals surface area (Å²) in [6.45, 7) is 7.68. The summed E-state index contributed by atoms with van der Waals surface area (Å²) in [5.74, 6) is -1.13. The molecule has 24 heavy (non-hydrogen) atoms. The predicted octanol–water partition coefficient (Wildman–Crippen LogP) is 4.45. The lowest BCUT2D eigenvalue weighted by atomic mass is 10.2. The van der Waals surface area contributed by atoms with Gasteiger partial charge in [-0.3, -0.25) is 0 Å². The van der Waals surface area contributed by atoms with Crippen LogP contribution in [0, 0.1) is 0 Å². The van der Waals surface area contributed by atoms with Gasteiger partial charge in [0, 0.05) is 12.2 Å². The van der Waals surface area contributed by atoms with Crippen molar-refractivity contribution in [1.29, 1.82) is 0 Å². The maximum absolute atomic E-state index is 11.4. The Morgan fingerprint density at radius 3 is 1.46 bits per heavy atom. The van der Waals surface area contributed by atoms with Crippen molar-refractivity contribution in [3.63, 3.8) is 0 Å². The first kappa shape index (κ1) is 21.6. The van der Waals surface area contributed by atoms with E-state index in [0.29, 0.717) is 0 Å². The van der Waals surface area contributed by atoms with E-state index >= 15 is 0 Å². The van der Waals surface area contributed by atoms with E-state index in [-0.39, 0.29) is 13.2 Å². The SMILES string of the molecule is C=CCCC/C=C/COC(=O)/C=C/C(=O)OC/C=C/CCCC=C. The highest BCUT2D eigenvalue weighted by molar-refractivity contribution is 5.91. The number of carbonyl (C=O) groups is 2. The quantitative estimate of drug-likeness (QED) is 0.204. The average Bonchev–Trinajstić information content (AvgIpc) is 2.58. The van der Waals surface area contributed by atoms with Crippen LogP contribution in [-0.2, 0) is 19.1 Å². The summed E-state index contributed by atoms with van der Waals surface area (Å²) in [5.41, 5.74) is 0. The fraction of sp³-hybridized carbons (Fsp3) is 0.400. The van der Waals surface area contributed by atoms with Gasteiger partial charge in [-0.15, -0.1) is 13.2 Å². The van der Waals surface area contributed by atoms with Crippen LogP contribution in [0.3, 0.4) is 0 Å². The van der Waals surface area contributed by atoms with E-state index in [1.54, 1.807) is 12.2 Å². The standard InChI is InChI=1S/C20H28O4/c1-3-5-7-9-11-13-17-23-19(21)15-16-20(22)24-18-14-12-10-8-6-4-2/h3-4,11-16H,1-2,5-10,17-18H2/b13-11+,14-12+,16-15+. The maximum atomic E-state index is 11.4. The van der Waals surface area contributed by atoms with Crippen molar-refractivity contribution in [2.45, 2.75) is 38.5 Å². The first-order chi connectivity index (χ1) is 11.7. The molecule has 0 unspecified atom stereocenters. The molecule has 0 saturated heterocycles. The normalized spacial score (nSPS) is 11.2. The summed E-state index contributed by atoms with van der Waals surface area (Å²) in [7, 11) is 0. The van der Waals surface area contributed by atoms with Gasteiger partial charge >= 0.3 is 11.9 Å². The molecular formula is C20H28O4. The van der Waals surface area contributed by atoms with Gasteiger partial charge in [0.25, 0.3) is 0 Å². The minimum atomic E-state index is -0.567. The molecule has 4 nitrogen and oxygen atoms in total. The second-order valence-electron chi connectivity index (χ2n) is 4.98. The van der Waals surface area contributed by atoms with Gasteiger partial charge in [-0.2, -0.15) is 0 Å². The van der Waals surface area contributed by atoms with Crippen molar-refractivity contribution < 1.29 is 19.1 Å². The van der Waals surface area contributed by atoms with Crippen LogP contribution in [0.2, 0.25) is 0 Å². The number of hydrogen-bond acceptors (Lipinski definition) is 4. The monoisotopic (exact) mass is 332 g/mol. The number of hydrogen-bond donors (Lipinski definition) is 0. The molecule has 0 aromatic carbocycles. The average molecular weight is 332 g/mol. The van der Waals surface area contributed by atoms with Crippen molar-refractivity contribution in [3.8, 4) is 0 Å². The van der Waals surface area contributed by atoms with Crippen LogP contribution < -0.4 is 0 Å². The van der Waals surface area contributed by atoms with Crippen LogP contribution in [0.25, 0.3) is 0 Å². The van der Waals surface area contributed by atoms with Crippen molar-refractivity contribution in [1.82, 2.24) is 0 Å². The lowest BCUT2D eigenvalue weighted by Crippen LogP contribution is -2.04. The highest BCUT2D eigenvalue weighted by Gasteiger charge is 1.99. The fourth-order valence-corrected chi connectivity index (χ4v) is 1.62. The molecule has 0 amide bonds. The van der Waals surface area contributed by atoms with E-state index in [0.717, 1.165) is 50.7 Å². The lowest BCUT2D eigenvalue weighted by Gasteiger charge is -1.98. The zero-order valence-electron chi connectivity index (χ0n) is 14.3. The summed E-state index contributed by atoms with van der Waals surface area (Å²) >= 11 is 0.